The van der Waals surface area contributed by atoms with Crippen molar-refractivity contribution in [3.63, 3.8) is 0 Å². The summed E-state index contributed by atoms with van der Waals surface area (Å²) >= 11 is 3.44. The molecule has 0 radical (unpaired) electrons. The van der Waals surface area contributed by atoms with Gasteiger partial charge in [-0.3, -0.25) is 4.79 Å². The third-order valence-corrected chi connectivity index (χ3v) is 3.48. The van der Waals surface area contributed by atoms with Crippen LogP contribution in [0.5, 0.6) is 0 Å². The Morgan fingerprint density at radius 1 is 1.56 bits per heavy atom. The molecule has 0 saturated heterocycles. The second-order valence-electron chi connectivity index (χ2n) is 4.07. The van der Waals surface area contributed by atoms with Crippen LogP contribution in [0.3, 0.4) is 0 Å². The first-order chi connectivity index (χ1) is 8.49. The van der Waals surface area contributed by atoms with Crippen molar-refractivity contribution in [2.45, 2.75) is 20.0 Å². The lowest BCUT2D eigenvalue weighted by atomic mass is 10.1. The number of aliphatic hydroxyl groups excluding tert-OH is 1. The summed E-state index contributed by atoms with van der Waals surface area (Å²) in [6, 6.07) is 5.71. The quantitative estimate of drug-likeness (QED) is 0.875. The Balaban J connectivity index is 2.94. The van der Waals surface area contributed by atoms with E-state index in [2.05, 4.69) is 21.2 Å². The van der Waals surface area contributed by atoms with E-state index in [9.17, 15) is 9.90 Å². The first-order valence-electron chi connectivity index (χ1n) is 5.92. The summed E-state index contributed by atoms with van der Waals surface area (Å²) in [5.74, 6) is -0.0208. The van der Waals surface area contributed by atoms with Gasteiger partial charge in [0.1, 0.15) is 0 Å². The predicted octanol–water partition coefficient (Wildman–Crippen LogP) is 2.07. The smallest absolute Gasteiger partial charge is 0.239 e. The van der Waals surface area contributed by atoms with Crippen LogP contribution in [0.4, 0.5) is 5.69 Å². The van der Waals surface area contributed by atoms with E-state index >= 15 is 0 Å². The summed E-state index contributed by atoms with van der Waals surface area (Å²) in [5.41, 5.74) is 1.80. The third kappa shape index (κ3) is 3.71. The number of likely N-dealkylation sites (N-methyl/N-ethyl adjacent to an activating group) is 2. The molecule has 0 spiro atoms. The molecule has 0 aliphatic carbocycles. The lowest BCUT2D eigenvalue weighted by molar-refractivity contribution is -0.119. The van der Waals surface area contributed by atoms with Crippen LogP contribution >= 0.6 is 15.9 Å². The molecule has 0 aromatic heterocycles. The maximum Gasteiger partial charge on any atom is 0.239 e. The molecule has 0 saturated carbocycles. The fraction of sp³-hybridized carbons (Fsp3) is 0.462. The van der Waals surface area contributed by atoms with Gasteiger partial charge in [0.15, 0.2) is 0 Å². The van der Waals surface area contributed by atoms with E-state index in [0.29, 0.717) is 6.54 Å². The van der Waals surface area contributed by atoms with Crippen molar-refractivity contribution in [3.05, 3.63) is 28.2 Å². The highest BCUT2D eigenvalue weighted by Gasteiger charge is 2.12. The molecule has 18 heavy (non-hydrogen) atoms. The van der Waals surface area contributed by atoms with Crippen LogP contribution in [0, 0.1) is 0 Å². The largest absolute Gasteiger partial charge is 0.389 e. The number of carbonyl (C=O) groups excluding carboxylic acids is 1. The Morgan fingerprint density at radius 2 is 2.22 bits per heavy atom. The zero-order valence-electron chi connectivity index (χ0n) is 10.9. The molecule has 1 aromatic rings. The van der Waals surface area contributed by atoms with Crippen molar-refractivity contribution in [1.29, 1.82) is 0 Å². The summed E-state index contributed by atoms with van der Waals surface area (Å²) < 4.78 is 0.852. The highest BCUT2D eigenvalue weighted by molar-refractivity contribution is 9.10. The van der Waals surface area contributed by atoms with Gasteiger partial charge in [-0.25, -0.2) is 0 Å². The van der Waals surface area contributed by atoms with Gasteiger partial charge in [-0.05, 0) is 31.5 Å². The van der Waals surface area contributed by atoms with Crippen molar-refractivity contribution in [2.75, 3.05) is 25.0 Å². The van der Waals surface area contributed by atoms with Crippen molar-refractivity contribution in [1.82, 2.24) is 5.32 Å². The van der Waals surface area contributed by atoms with E-state index in [0.717, 1.165) is 22.3 Å². The Kier molecular flexibility index (Phi) is 5.62. The number of aliphatic hydroxyl groups is 1. The molecule has 100 valence electrons. The van der Waals surface area contributed by atoms with Gasteiger partial charge in [0.25, 0.3) is 0 Å². The van der Waals surface area contributed by atoms with Crippen molar-refractivity contribution >= 4 is 27.5 Å². The van der Waals surface area contributed by atoms with Crippen LogP contribution in [0.1, 0.15) is 25.5 Å². The van der Waals surface area contributed by atoms with E-state index in [1.807, 2.05) is 30.0 Å². The summed E-state index contributed by atoms with van der Waals surface area (Å²) in [6.07, 6.45) is -0.512. The van der Waals surface area contributed by atoms with Gasteiger partial charge in [0.05, 0.1) is 12.6 Å². The average Bonchev–Trinajstić information content (AvgIpc) is 2.34. The number of hydrogen-bond acceptors (Lipinski definition) is 3. The molecule has 4 nitrogen and oxygen atoms in total. The highest BCUT2D eigenvalue weighted by atomic mass is 79.9. The topological polar surface area (TPSA) is 52.6 Å². The molecule has 0 heterocycles. The first-order valence-corrected chi connectivity index (χ1v) is 6.72. The Morgan fingerprint density at radius 3 is 2.67 bits per heavy atom. The number of benzene rings is 1. The number of carbonyl (C=O) groups is 1. The molecule has 5 heteroatoms. The monoisotopic (exact) mass is 314 g/mol. The van der Waals surface area contributed by atoms with E-state index in [1.165, 1.54) is 0 Å². The molecule has 1 rings (SSSR count). The van der Waals surface area contributed by atoms with Gasteiger partial charge in [-0.1, -0.05) is 22.0 Å². The maximum atomic E-state index is 11.4. The molecule has 0 aliphatic heterocycles. The van der Waals surface area contributed by atoms with E-state index in [4.69, 9.17) is 0 Å². The second kappa shape index (κ2) is 6.75. The van der Waals surface area contributed by atoms with Gasteiger partial charge in [-0.2, -0.15) is 0 Å². The van der Waals surface area contributed by atoms with Crippen LogP contribution in [0.15, 0.2) is 22.7 Å². The summed E-state index contributed by atoms with van der Waals surface area (Å²) in [5, 5.41) is 12.2. The van der Waals surface area contributed by atoms with E-state index in [-0.39, 0.29) is 5.91 Å². The number of rotatable bonds is 5. The normalized spacial score (nSPS) is 12.1. The molecule has 0 fully saturated rings. The van der Waals surface area contributed by atoms with Crippen LogP contribution in [-0.2, 0) is 4.79 Å². The van der Waals surface area contributed by atoms with Gasteiger partial charge in [-0.15, -0.1) is 0 Å². The number of nitrogens with zero attached hydrogens (tertiary/aromatic N) is 1. The molecular weight excluding hydrogens is 296 g/mol. The molecule has 1 amide bonds. The highest BCUT2D eigenvalue weighted by Crippen LogP contribution is 2.28. The lowest BCUT2D eigenvalue weighted by Gasteiger charge is -2.23. The van der Waals surface area contributed by atoms with Gasteiger partial charge < -0.3 is 15.3 Å². The van der Waals surface area contributed by atoms with Crippen molar-refractivity contribution < 1.29 is 9.90 Å². The maximum absolute atomic E-state index is 11.4. The van der Waals surface area contributed by atoms with E-state index in [1.54, 1.807) is 14.0 Å². The molecule has 1 aromatic carbocycles. The van der Waals surface area contributed by atoms with Crippen LogP contribution in [0.25, 0.3) is 0 Å². The fourth-order valence-electron chi connectivity index (χ4n) is 1.69. The summed E-state index contributed by atoms with van der Waals surface area (Å²) in [7, 11) is 1.63. The average molecular weight is 315 g/mol. The lowest BCUT2D eigenvalue weighted by Crippen LogP contribution is -2.35. The zero-order valence-corrected chi connectivity index (χ0v) is 12.5. The minimum absolute atomic E-state index is 0.0208. The van der Waals surface area contributed by atoms with Crippen molar-refractivity contribution in [3.8, 4) is 0 Å². The van der Waals surface area contributed by atoms with Crippen LogP contribution in [0.2, 0.25) is 0 Å². The zero-order chi connectivity index (χ0) is 13.7. The number of nitrogens with one attached hydrogen (secondary N) is 1. The van der Waals surface area contributed by atoms with Gasteiger partial charge in [0, 0.05) is 23.8 Å². The van der Waals surface area contributed by atoms with Crippen molar-refractivity contribution in [2.24, 2.45) is 0 Å². The number of anilines is 1. The predicted molar refractivity (Wildman–Crippen MR) is 76.7 cm³/mol. The Labute approximate surface area is 116 Å². The molecule has 2 N–H and O–H groups in total. The molecule has 1 unspecified atom stereocenters. The standard InChI is InChI=1S/C13H19BrN2O2/c1-4-16(8-13(18)15-3)10-5-6-11(9(2)17)12(14)7-10/h5-7,9,17H,4,8H2,1-3H3,(H,15,18). The number of halogens is 1. The third-order valence-electron chi connectivity index (χ3n) is 2.79. The minimum Gasteiger partial charge on any atom is -0.389 e. The number of amides is 1. The molecule has 0 aliphatic rings. The number of hydrogen-bond donors (Lipinski definition) is 2. The first kappa shape index (κ1) is 15.0. The Bertz CT molecular complexity index is 421. The minimum atomic E-state index is -0.512. The second-order valence-corrected chi connectivity index (χ2v) is 4.92. The van der Waals surface area contributed by atoms with Crippen LogP contribution < -0.4 is 10.2 Å². The molecule has 0 bridgehead atoms. The van der Waals surface area contributed by atoms with Crippen LogP contribution in [-0.4, -0.2) is 31.2 Å². The summed E-state index contributed by atoms with van der Waals surface area (Å²) in [4.78, 5) is 13.4. The van der Waals surface area contributed by atoms with E-state index < -0.39 is 6.10 Å². The van der Waals surface area contributed by atoms with Gasteiger partial charge >= 0.3 is 0 Å². The summed E-state index contributed by atoms with van der Waals surface area (Å²) in [6.45, 7) is 4.79. The molecular formula is C13H19BrN2O2. The fourth-order valence-corrected chi connectivity index (χ4v) is 2.39. The SMILES string of the molecule is CCN(CC(=O)NC)c1ccc(C(C)O)c(Br)c1. The van der Waals surface area contributed by atoms with Gasteiger partial charge in [0.2, 0.25) is 5.91 Å². The molecule has 1 atom stereocenters. The Hall–Kier alpha value is -1.07.